The highest BCUT2D eigenvalue weighted by Crippen LogP contribution is 2.23. The number of aromatic nitrogens is 4. The molecule has 3 rings (SSSR count). The molecule has 0 saturated carbocycles. The molecule has 88 valence electrons. The van der Waals surface area contributed by atoms with Crippen molar-refractivity contribution in [2.75, 3.05) is 0 Å². The Morgan fingerprint density at radius 1 is 1.35 bits per heavy atom. The molecule has 2 aromatic heterocycles. The molecule has 0 aliphatic carbocycles. The van der Waals surface area contributed by atoms with Crippen LogP contribution in [-0.2, 0) is 6.54 Å². The third-order valence-electron chi connectivity index (χ3n) is 2.29. The Labute approximate surface area is 111 Å². The highest BCUT2D eigenvalue weighted by molar-refractivity contribution is 9.10. The van der Waals surface area contributed by atoms with Gasteiger partial charge in [0.1, 0.15) is 18.3 Å². The predicted octanol–water partition coefficient (Wildman–Crippen LogP) is 2.65. The molecule has 0 bridgehead atoms. The SMILES string of the molecule is Brc1ccc2onc(Cn3cncn3)c2c1.Cl. The minimum absolute atomic E-state index is 0. The van der Waals surface area contributed by atoms with Crippen molar-refractivity contribution >= 4 is 39.3 Å². The Balaban J connectivity index is 0.00000108. The summed E-state index contributed by atoms with van der Waals surface area (Å²) in [6, 6.07) is 5.79. The van der Waals surface area contributed by atoms with Crippen molar-refractivity contribution in [3.63, 3.8) is 0 Å². The Morgan fingerprint density at radius 2 is 2.24 bits per heavy atom. The van der Waals surface area contributed by atoms with E-state index in [1.807, 2.05) is 18.2 Å². The van der Waals surface area contributed by atoms with Crippen molar-refractivity contribution in [2.45, 2.75) is 6.54 Å². The molecular weight excluding hydrogens is 307 g/mol. The minimum atomic E-state index is 0. The third-order valence-corrected chi connectivity index (χ3v) is 2.78. The predicted molar refractivity (Wildman–Crippen MR) is 68.1 cm³/mol. The molecule has 0 N–H and O–H groups in total. The van der Waals surface area contributed by atoms with E-state index in [1.165, 1.54) is 6.33 Å². The molecule has 0 amide bonds. The van der Waals surface area contributed by atoms with Gasteiger partial charge in [-0.25, -0.2) is 9.67 Å². The first kappa shape index (κ1) is 12.1. The quantitative estimate of drug-likeness (QED) is 0.729. The maximum Gasteiger partial charge on any atom is 0.167 e. The van der Waals surface area contributed by atoms with Gasteiger partial charge in [0, 0.05) is 9.86 Å². The van der Waals surface area contributed by atoms with Crippen molar-refractivity contribution in [3.8, 4) is 0 Å². The van der Waals surface area contributed by atoms with E-state index in [2.05, 4.69) is 31.2 Å². The summed E-state index contributed by atoms with van der Waals surface area (Å²) in [6.45, 7) is 0.559. The zero-order chi connectivity index (χ0) is 11.0. The van der Waals surface area contributed by atoms with Gasteiger partial charge in [-0.1, -0.05) is 21.1 Å². The molecule has 0 radical (unpaired) electrons. The number of fused-ring (bicyclic) bond motifs is 1. The van der Waals surface area contributed by atoms with Gasteiger partial charge in [-0.15, -0.1) is 12.4 Å². The van der Waals surface area contributed by atoms with E-state index in [0.717, 1.165) is 21.1 Å². The average molecular weight is 316 g/mol. The van der Waals surface area contributed by atoms with Crippen LogP contribution >= 0.6 is 28.3 Å². The Kier molecular flexibility index (Phi) is 3.44. The van der Waals surface area contributed by atoms with Crippen LogP contribution in [0.5, 0.6) is 0 Å². The van der Waals surface area contributed by atoms with Gasteiger partial charge < -0.3 is 4.52 Å². The summed E-state index contributed by atoms with van der Waals surface area (Å²) >= 11 is 3.42. The highest BCUT2D eigenvalue weighted by Gasteiger charge is 2.09. The molecule has 0 unspecified atom stereocenters. The molecule has 5 nitrogen and oxygen atoms in total. The van der Waals surface area contributed by atoms with Crippen LogP contribution in [0.15, 0.2) is 39.8 Å². The number of nitrogens with zero attached hydrogens (tertiary/aromatic N) is 4. The van der Waals surface area contributed by atoms with Crippen LogP contribution in [0.3, 0.4) is 0 Å². The molecule has 17 heavy (non-hydrogen) atoms. The van der Waals surface area contributed by atoms with Gasteiger partial charge in [0.25, 0.3) is 0 Å². The summed E-state index contributed by atoms with van der Waals surface area (Å²) in [5.41, 5.74) is 1.63. The first-order valence-corrected chi connectivity index (χ1v) is 5.48. The zero-order valence-corrected chi connectivity index (χ0v) is 11.0. The standard InChI is InChI=1S/C10H7BrN4O.ClH/c11-7-1-2-10-8(3-7)9(14-16-10)4-15-6-12-5-13-15;/h1-3,5-6H,4H2;1H. The lowest BCUT2D eigenvalue weighted by molar-refractivity contribution is 0.440. The van der Waals surface area contributed by atoms with Crippen molar-refractivity contribution in [1.29, 1.82) is 0 Å². The van der Waals surface area contributed by atoms with Gasteiger partial charge in [-0.3, -0.25) is 0 Å². The number of halogens is 2. The summed E-state index contributed by atoms with van der Waals surface area (Å²) in [4.78, 5) is 3.88. The monoisotopic (exact) mass is 314 g/mol. The molecule has 7 heteroatoms. The molecule has 3 aromatic rings. The Hall–Kier alpha value is -1.40. The molecule has 0 fully saturated rings. The number of hydrogen-bond acceptors (Lipinski definition) is 4. The largest absolute Gasteiger partial charge is 0.356 e. The van der Waals surface area contributed by atoms with E-state index >= 15 is 0 Å². The fourth-order valence-corrected chi connectivity index (χ4v) is 1.90. The van der Waals surface area contributed by atoms with E-state index in [4.69, 9.17) is 4.52 Å². The second-order valence-corrected chi connectivity index (χ2v) is 4.28. The van der Waals surface area contributed by atoms with Crippen LogP contribution in [0.4, 0.5) is 0 Å². The van der Waals surface area contributed by atoms with E-state index < -0.39 is 0 Å². The normalized spacial score (nSPS) is 10.4. The zero-order valence-electron chi connectivity index (χ0n) is 8.58. The van der Waals surface area contributed by atoms with E-state index in [0.29, 0.717) is 6.54 Å². The number of hydrogen-bond donors (Lipinski definition) is 0. The molecule has 0 spiro atoms. The van der Waals surface area contributed by atoms with Gasteiger partial charge in [-0.2, -0.15) is 5.10 Å². The molecule has 2 heterocycles. The fourth-order valence-electron chi connectivity index (χ4n) is 1.54. The smallest absolute Gasteiger partial charge is 0.167 e. The minimum Gasteiger partial charge on any atom is -0.356 e. The van der Waals surface area contributed by atoms with E-state index in [-0.39, 0.29) is 12.4 Å². The van der Waals surface area contributed by atoms with Crippen molar-refractivity contribution in [3.05, 3.63) is 41.0 Å². The van der Waals surface area contributed by atoms with Crippen LogP contribution in [-0.4, -0.2) is 19.9 Å². The topological polar surface area (TPSA) is 56.7 Å². The second-order valence-electron chi connectivity index (χ2n) is 3.36. The van der Waals surface area contributed by atoms with Crippen LogP contribution in [0.25, 0.3) is 11.0 Å². The Morgan fingerprint density at radius 3 is 3.00 bits per heavy atom. The summed E-state index contributed by atoms with van der Waals surface area (Å²) in [6.07, 6.45) is 3.15. The van der Waals surface area contributed by atoms with E-state index in [9.17, 15) is 0 Å². The maximum absolute atomic E-state index is 5.22. The van der Waals surface area contributed by atoms with Gasteiger partial charge in [0.15, 0.2) is 5.58 Å². The summed E-state index contributed by atoms with van der Waals surface area (Å²) < 4.78 is 7.93. The molecule has 1 aromatic carbocycles. The van der Waals surface area contributed by atoms with Crippen LogP contribution in [0.1, 0.15) is 5.69 Å². The fraction of sp³-hybridized carbons (Fsp3) is 0.100. The second kappa shape index (κ2) is 4.85. The lowest BCUT2D eigenvalue weighted by atomic mass is 10.2. The Bertz CT molecular complexity index is 622. The molecule has 0 aliphatic heterocycles. The first-order chi connectivity index (χ1) is 7.83. The number of benzene rings is 1. The summed E-state index contributed by atoms with van der Waals surface area (Å²) in [5, 5.41) is 9.05. The van der Waals surface area contributed by atoms with Crippen molar-refractivity contribution in [2.24, 2.45) is 0 Å². The van der Waals surface area contributed by atoms with Crippen molar-refractivity contribution in [1.82, 2.24) is 19.9 Å². The molecular formula is C10H8BrClN4O. The maximum atomic E-state index is 5.22. The van der Waals surface area contributed by atoms with Gasteiger partial charge in [0.2, 0.25) is 0 Å². The van der Waals surface area contributed by atoms with Gasteiger partial charge in [-0.05, 0) is 18.2 Å². The molecule has 0 atom stereocenters. The molecule has 0 saturated heterocycles. The average Bonchev–Trinajstić information content (AvgIpc) is 2.90. The summed E-state index contributed by atoms with van der Waals surface area (Å²) in [5.74, 6) is 0. The van der Waals surface area contributed by atoms with E-state index in [1.54, 1.807) is 11.0 Å². The van der Waals surface area contributed by atoms with Gasteiger partial charge >= 0.3 is 0 Å². The van der Waals surface area contributed by atoms with Crippen molar-refractivity contribution < 1.29 is 4.52 Å². The van der Waals surface area contributed by atoms with Crippen LogP contribution in [0, 0.1) is 0 Å². The highest BCUT2D eigenvalue weighted by atomic mass is 79.9. The number of rotatable bonds is 2. The lowest BCUT2D eigenvalue weighted by Gasteiger charge is -1.96. The lowest BCUT2D eigenvalue weighted by Crippen LogP contribution is -2.00. The molecule has 0 aliphatic rings. The first-order valence-electron chi connectivity index (χ1n) is 4.69. The summed E-state index contributed by atoms with van der Waals surface area (Å²) in [7, 11) is 0. The van der Waals surface area contributed by atoms with Crippen LogP contribution < -0.4 is 0 Å². The van der Waals surface area contributed by atoms with Crippen LogP contribution in [0.2, 0.25) is 0 Å². The third kappa shape index (κ3) is 2.32. The van der Waals surface area contributed by atoms with Gasteiger partial charge in [0.05, 0.1) is 6.54 Å².